The fourth-order valence-electron chi connectivity index (χ4n) is 1.93. The largest absolute Gasteiger partial charge is 0.271 e. The molecule has 2 heterocycles. The molecule has 96 valence electrons. The van der Waals surface area contributed by atoms with Gasteiger partial charge in [-0.3, -0.25) is 9.36 Å². The summed E-state index contributed by atoms with van der Waals surface area (Å²) in [5, 5.41) is 1.55. The highest BCUT2D eigenvalue weighted by molar-refractivity contribution is 9.10. The first-order chi connectivity index (χ1) is 9.11. The van der Waals surface area contributed by atoms with Gasteiger partial charge in [-0.2, -0.15) is 0 Å². The number of halogens is 1. The molecule has 0 bridgehead atoms. The number of hydrogen-bond donors (Lipinski definition) is 0. The molecule has 4 nitrogen and oxygen atoms in total. The topological polar surface area (TPSA) is 47.8 Å². The predicted octanol–water partition coefficient (Wildman–Crippen LogP) is 3.00. The zero-order chi connectivity index (χ0) is 13.6. The van der Waals surface area contributed by atoms with Gasteiger partial charge in [0.05, 0.1) is 15.9 Å². The Labute approximate surface area is 122 Å². The smallest absolute Gasteiger partial charge is 0.268 e. The van der Waals surface area contributed by atoms with Crippen LogP contribution in [0.1, 0.15) is 5.69 Å². The summed E-state index contributed by atoms with van der Waals surface area (Å²) in [5.41, 5.74) is 2.27. The Balaban J connectivity index is 2.46. The molecule has 0 aromatic carbocycles. The van der Waals surface area contributed by atoms with Crippen molar-refractivity contribution in [1.82, 2.24) is 14.5 Å². The van der Waals surface area contributed by atoms with E-state index in [1.165, 1.54) is 11.8 Å². The number of rotatable bonds is 2. The normalized spacial score (nSPS) is 13.5. The maximum absolute atomic E-state index is 12.3. The summed E-state index contributed by atoms with van der Waals surface area (Å²) in [4.78, 5) is 21.2. The Kier molecular flexibility index (Phi) is 3.06. The molecule has 0 aliphatic heterocycles. The summed E-state index contributed by atoms with van der Waals surface area (Å²) < 4.78 is 2.14. The maximum atomic E-state index is 12.3. The molecule has 0 spiro atoms. The Bertz CT molecular complexity index is 808. The minimum Gasteiger partial charge on any atom is -0.268 e. The van der Waals surface area contributed by atoms with Crippen molar-refractivity contribution in [3.05, 3.63) is 44.8 Å². The second-order valence-electron chi connectivity index (χ2n) is 4.12. The summed E-state index contributed by atoms with van der Waals surface area (Å²) in [6, 6.07) is 1.79. The highest BCUT2D eigenvalue weighted by Gasteiger charge is 2.15. The number of aromatic nitrogens is 3. The van der Waals surface area contributed by atoms with E-state index >= 15 is 0 Å². The first kappa shape index (κ1) is 12.6. The molecule has 2 aromatic rings. The Hall–Kier alpha value is -1.40. The fourth-order valence-corrected chi connectivity index (χ4v) is 2.75. The number of pyridine rings is 1. The lowest BCUT2D eigenvalue weighted by Crippen LogP contribution is -2.22. The van der Waals surface area contributed by atoms with Crippen molar-refractivity contribution in [3.63, 3.8) is 0 Å². The van der Waals surface area contributed by atoms with Crippen molar-refractivity contribution in [2.45, 2.75) is 12.1 Å². The van der Waals surface area contributed by atoms with Crippen LogP contribution in [-0.4, -0.2) is 20.8 Å². The monoisotopic (exact) mass is 335 g/mol. The van der Waals surface area contributed by atoms with Crippen LogP contribution in [0.5, 0.6) is 0 Å². The summed E-state index contributed by atoms with van der Waals surface area (Å²) >= 11 is 4.78. The third-order valence-electron chi connectivity index (χ3n) is 2.96. The third kappa shape index (κ3) is 1.95. The molecule has 0 N–H and O–H groups in total. The van der Waals surface area contributed by atoms with Gasteiger partial charge in [0, 0.05) is 5.39 Å². The van der Waals surface area contributed by atoms with Gasteiger partial charge in [0.1, 0.15) is 0 Å². The Morgan fingerprint density at radius 2 is 2.11 bits per heavy atom. The van der Waals surface area contributed by atoms with E-state index in [-0.39, 0.29) is 5.56 Å². The minimum absolute atomic E-state index is 0.103. The molecule has 0 saturated heterocycles. The first-order valence-electron chi connectivity index (χ1n) is 5.64. The minimum atomic E-state index is -0.103. The van der Waals surface area contributed by atoms with Crippen molar-refractivity contribution in [2.75, 3.05) is 6.26 Å². The van der Waals surface area contributed by atoms with Crippen LogP contribution in [0.2, 0.25) is 0 Å². The van der Waals surface area contributed by atoms with Gasteiger partial charge in [-0.05, 0) is 47.3 Å². The summed E-state index contributed by atoms with van der Waals surface area (Å²) in [6.07, 6.45) is 7.61. The van der Waals surface area contributed by atoms with Gasteiger partial charge in [0.25, 0.3) is 5.56 Å². The van der Waals surface area contributed by atoms with Crippen molar-refractivity contribution < 1.29 is 0 Å². The van der Waals surface area contributed by atoms with Gasteiger partial charge in [0.2, 0.25) is 0 Å². The van der Waals surface area contributed by atoms with E-state index in [0.717, 1.165) is 16.8 Å². The number of allylic oxidation sites excluding steroid dienone is 4. The number of thioether (sulfide) groups is 1. The molecule has 0 fully saturated rings. The van der Waals surface area contributed by atoms with E-state index in [4.69, 9.17) is 0 Å². The van der Waals surface area contributed by atoms with Gasteiger partial charge < -0.3 is 0 Å². The van der Waals surface area contributed by atoms with E-state index < -0.39 is 0 Å². The average molecular weight is 336 g/mol. The molecule has 6 heteroatoms. The van der Waals surface area contributed by atoms with Crippen LogP contribution in [0.3, 0.4) is 0 Å². The van der Waals surface area contributed by atoms with Gasteiger partial charge in [0.15, 0.2) is 10.8 Å². The molecule has 2 aromatic heterocycles. The zero-order valence-corrected chi connectivity index (χ0v) is 12.7. The first-order valence-corrected chi connectivity index (χ1v) is 7.66. The molecular formula is C13H10BrN3OS. The highest BCUT2D eigenvalue weighted by Crippen LogP contribution is 2.24. The molecular weight excluding hydrogens is 326 g/mol. The van der Waals surface area contributed by atoms with Crippen molar-refractivity contribution in [1.29, 1.82) is 0 Å². The molecule has 0 unspecified atom stereocenters. The maximum Gasteiger partial charge on any atom is 0.271 e. The molecule has 0 saturated carbocycles. The van der Waals surface area contributed by atoms with Crippen LogP contribution in [0, 0.1) is 6.92 Å². The number of nitrogens with zero attached hydrogens (tertiary/aromatic N) is 3. The van der Waals surface area contributed by atoms with E-state index in [1.807, 2.05) is 31.4 Å². The number of aryl methyl sites for hydroxylation is 1. The third-order valence-corrected chi connectivity index (χ3v) is 4.08. The molecule has 19 heavy (non-hydrogen) atoms. The molecule has 0 amide bonds. The SMILES string of the molecule is CSc1nc(C)c2cc(Br)c(=O)n(C3=CC=C3)c2n1. The van der Waals surface area contributed by atoms with Crippen molar-refractivity contribution >= 4 is 44.4 Å². The summed E-state index contributed by atoms with van der Waals surface area (Å²) in [7, 11) is 0. The second kappa shape index (κ2) is 4.61. The summed E-state index contributed by atoms with van der Waals surface area (Å²) in [5.74, 6) is 0. The van der Waals surface area contributed by atoms with E-state index in [0.29, 0.717) is 15.3 Å². The highest BCUT2D eigenvalue weighted by atomic mass is 79.9. The van der Waals surface area contributed by atoms with Crippen LogP contribution < -0.4 is 5.56 Å². The Morgan fingerprint density at radius 3 is 2.68 bits per heavy atom. The van der Waals surface area contributed by atoms with E-state index in [1.54, 1.807) is 10.6 Å². The average Bonchev–Trinajstić information content (AvgIpc) is 2.33. The van der Waals surface area contributed by atoms with Gasteiger partial charge >= 0.3 is 0 Å². The molecule has 3 rings (SSSR count). The predicted molar refractivity (Wildman–Crippen MR) is 81.4 cm³/mol. The van der Waals surface area contributed by atoms with Gasteiger partial charge in [-0.25, -0.2) is 9.97 Å². The van der Waals surface area contributed by atoms with Crippen molar-refractivity contribution in [3.8, 4) is 0 Å². The second-order valence-corrected chi connectivity index (χ2v) is 5.74. The Morgan fingerprint density at radius 1 is 1.37 bits per heavy atom. The molecule has 1 aliphatic rings. The lowest BCUT2D eigenvalue weighted by Gasteiger charge is -2.15. The van der Waals surface area contributed by atoms with Crippen molar-refractivity contribution in [2.24, 2.45) is 0 Å². The van der Waals surface area contributed by atoms with E-state index in [2.05, 4.69) is 25.9 Å². The molecule has 0 radical (unpaired) electrons. The quantitative estimate of drug-likeness (QED) is 0.625. The lowest BCUT2D eigenvalue weighted by atomic mass is 10.2. The number of hydrogen-bond acceptors (Lipinski definition) is 4. The van der Waals surface area contributed by atoms with Crippen LogP contribution >= 0.6 is 27.7 Å². The number of fused-ring (bicyclic) bond motifs is 1. The standard InChI is InChI=1S/C13H10BrN3OS/c1-7-9-6-10(14)12(18)17(8-4-3-5-8)11(9)16-13(15-7)19-2/h3-6H,1-2H3. The van der Waals surface area contributed by atoms with Gasteiger partial charge in [-0.1, -0.05) is 17.8 Å². The molecule has 0 atom stereocenters. The zero-order valence-electron chi connectivity index (χ0n) is 10.3. The van der Waals surface area contributed by atoms with E-state index in [9.17, 15) is 4.79 Å². The van der Waals surface area contributed by atoms with Crippen LogP contribution in [0.15, 0.2) is 38.7 Å². The van der Waals surface area contributed by atoms with Gasteiger partial charge in [-0.15, -0.1) is 0 Å². The lowest BCUT2D eigenvalue weighted by molar-refractivity contribution is 0.924. The van der Waals surface area contributed by atoms with Crippen LogP contribution in [0.4, 0.5) is 0 Å². The van der Waals surface area contributed by atoms with Crippen LogP contribution in [0.25, 0.3) is 16.7 Å². The fraction of sp³-hybridized carbons (Fsp3) is 0.154. The summed E-state index contributed by atoms with van der Waals surface area (Å²) in [6.45, 7) is 1.93. The molecule has 1 aliphatic carbocycles. The van der Waals surface area contributed by atoms with Crippen LogP contribution in [-0.2, 0) is 0 Å².